The van der Waals surface area contributed by atoms with Gasteiger partial charge in [-0.1, -0.05) is 25.0 Å². The number of hydrogen-bond acceptors (Lipinski definition) is 4. The summed E-state index contributed by atoms with van der Waals surface area (Å²) in [5.74, 6) is 0.534. The van der Waals surface area contributed by atoms with E-state index >= 15 is 4.39 Å². The molecular formula is C29H30FN5O3. The molecular weight excluding hydrogens is 485 g/mol. The lowest BCUT2D eigenvalue weighted by molar-refractivity contribution is -0.131. The van der Waals surface area contributed by atoms with Crippen LogP contribution in [0.25, 0.3) is 22.2 Å². The number of aromatic amines is 2. The van der Waals surface area contributed by atoms with Gasteiger partial charge in [-0.05, 0) is 73.4 Å². The smallest absolute Gasteiger partial charge is 0.323 e. The first-order valence-corrected chi connectivity index (χ1v) is 13.6. The highest BCUT2D eigenvalue weighted by molar-refractivity contribution is 6.15. The summed E-state index contributed by atoms with van der Waals surface area (Å²) in [7, 11) is 0. The van der Waals surface area contributed by atoms with Crippen molar-refractivity contribution in [2.45, 2.75) is 50.5 Å². The van der Waals surface area contributed by atoms with Gasteiger partial charge in [0.15, 0.2) is 0 Å². The van der Waals surface area contributed by atoms with Crippen molar-refractivity contribution in [2.75, 3.05) is 19.6 Å². The number of carbonyl (C=O) groups excluding carboxylic acids is 2. The molecule has 2 aliphatic carbocycles. The second-order valence-corrected chi connectivity index (χ2v) is 11.3. The van der Waals surface area contributed by atoms with Crippen LogP contribution in [-0.2, 0) is 9.59 Å². The minimum absolute atomic E-state index is 0.0256. The number of hydrogen-bond donors (Lipinski definition) is 2. The number of H-pyrrole nitrogens is 2. The minimum atomic E-state index is -0.784. The van der Waals surface area contributed by atoms with E-state index in [2.05, 4.69) is 9.97 Å². The predicted octanol–water partition coefficient (Wildman–Crippen LogP) is 3.82. The number of rotatable bonds is 5. The molecule has 0 bridgehead atoms. The third-order valence-electron chi connectivity index (χ3n) is 8.67. The van der Waals surface area contributed by atoms with E-state index in [0.717, 1.165) is 44.2 Å². The molecule has 38 heavy (non-hydrogen) atoms. The molecule has 8 nitrogen and oxygen atoms in total. The fraction of sp³-hybridized carbons (Fsp3) is 0.448. The van der Waals surface area contributed by atoms with E-state index in [9.17, 15) is 14.4 Å². The first kappa shape index (κ1) is 23.4. The molecule has 196 valence electrons. The molecule has 1 unspecified atom stereocenters. The summed E-state index contributed by atoms with van der Waals surface area (Å²) in [5, 5.41) is 0. The fourth-order valence-corrected chi connectivity index (χ4v) is 6.44. The number of carbonyl (C=O) groups is 2. The van der Waals surface area contributed by atoms with Gasteiger partial charge in [0.25, 0.3) is 5.91 Å². The number of fused-ring (bicyclic) bond motifs is 1. The first-order chi connectivity index (χ1) is 18.4. The molecule has 3 fully saturated rings. The van der Waals surface area contributed by atoms with Crippen molar-refractivity contribution in [3.8, 4) is 11.1 Å². The quantitative estimate of drug-likeness (QED) is 0.540. The second-order valence-electron chi connectivity index (χ2n) is 11.3. The maximum atomic E-state index is 15.7. The van der Waals surface area contributed by atoms with Crippen molar-refractivity contribution in [1.82, 2.24) is 19.8 Å². The van der Waals surface area contributed by atoms with Crippen molar-refractivity contribution < 1.29 is 14.0 Å². The standard InChI is InChI=1S/C29H30FN5O3/c30-22-13-19(20-6-8-23-24(14-20)32-28(38)31-23)5-7-21(22)25-33-29(10-1-2-11-29)27(37)35(25)16-17-9-12-34(15-17)26(36)18-3-4-18/h5-8,13-14,17-18H,1-4,9-12,15-16H2,(H2,31,32,38). The van der Waals surface area contributed by atoms with Crippen LogP contribution in [0.4, 0.5) is 4.39 Å². The number of halogens is 1. The van der Waals surface area contributed by atoms with Crippen LogP contribution in [0.1, 0.15) is 50.5 Å². The molecule has 7 rings (SSSR count). The summed E-state index contributed by atoms with van der Waals surface area (Å²) >= 11 is 0. The van der Waals surface area contributed by atoms with Gasteiger partial charge in [0.05, 0.1) is 16.6 Å². The van der Waals surface area contributed by atoms with Gasteiger partial charge in [0.2, 0.25) is 5.91 Å². The monoisotopic (exact) mass is 515 g/mol. The number of aromatic nitrogens is 2. The summed E-state index contributed by atoms with van der Waals surface area (Å²) in [4.78, 5) is 51.9. The molecule has 1 spiro atoms. The van der Waals surface area contributed by atoms with Gasteiger partial charge in [-0.15, -0.1) is 0 Å². The number of benzene rings is 2. The highest BCUT2D eigenvalue weighted by atomic mass is 19.1. The lowest BCUT2D eigenvalue weighted by Gasteiger charge is -2.25. The molecule has 1 aromatic heterocycles. The maximum Gasteiger partial charge on any atom is 0.323 e. The summed E-state index contributed by atoms with van der Waals surface area (Å²) < 4.78 is 15.7. The molecule has 4 aliphatic rings. The Labute approximate surface area is 218 Å². The van der Waals surface area contributed by atoms with Crippen LogP contribution in [0.15, 0.2) is 46.2 Å². The van der Waals surface area contributed by atoms with Gasteiger partial charge in [0.1, 0.15) is 17.2 Å². The Morgan fingerprint density at radius 3 is 2.50 bits per heavy atom. The van der Waals surface area contributed by atoms with Crippen molar-refractivity contribution in [2.24, 2.45) is 16.8 Å². The summed E-state index contributed by atoms with van der Waals surface area (Å²) in [6, 6.07) is 10.5. The molecule has 1 saturated heterocycles. The molecule has 1 atom stereocenters. The second kappa shape index (κ2) is 8.64. The molecule has 2 aliphatic heterocycles. The van der Waals surface area contributed by atoms with Crippen LogP contribution in [0.5, 0.6) is 0 Å². The minimum Gasteiger partial charge on any atom is -0.342 e. The lowest BCUT2D eigenvalue weighted by atomic mass is 9.97. The van der Waals surface area contributed by atoms with Gasteiger partial charge >= 0.3 is 5.69 Å². The van der Waals surface area contributed by atoms with E-state index in [-0.39, 0.29) is 29.3 Å². The number of nitrogens with zero attached hydrogens (tertiary/aromatic N) is 3. The average molecular weight is 516 g/mol. The zero-order chi connectivity index (χ0) is 26.0. The third kappa shape index (κ3) is 3.87. The van der Waals surface area contributed by atoms with E-state index < -0.39 is 11.4 Å². The van der Waals surface area contributed by atoms with Crippen molar-refractivity contribution in [3.63, 3.8) is 0 Å². The van der Waals surface area contributed by atoms with E-state index in [1.807, 2.05) is 23.1 Å². The van der Waals surface area contributed by atoms with Gasteiger partial charge in [-0.2, -0.15) is 0 Å². The summed E-state index contributed by atoms with van der Waals surface area (Å²) in [6.07, 6.45) is 6.07. The Morgan fingerprint density at radius 1 is 1.00 bits per heavy atom. The van der Waals surface area contributed by atoms with Crippen LogP contribution >= 0.6 is 0 Å². The van der Waals surface area contributed by atoms with E-state index in [1.54, 1.807) is 17.0 Å². The molecule has 2 saturated carbocycles. The van der Waals surface area contributed by atoms with E-state index in [1.165, 1.54) is 6.07 Å². The Morgan fingerprint density at radius 2 is 1.74 bits per heavy atom. The number of likely N-dealkylation sites (tertiary alicyclic amines) is 1. The maximum absolute atomic E-state index is 15.7. The average Bonchev–Trinajstić information content (AvgIpc) is 3.21. The van der Waals surface area contributed by atoms with E-state index in [4.69, 9.17) is 4.99 Å². The van der Waals surface area contributed by atoms with Crippen LogP contribution < -0.4 is 5.69 Å². The Bertz CT molecular complexity index is 1550. The highest BCUT2D eigenvalue weighted by Crippen LogP contribution is 2.41. The summed E-state index contributed by atoms with van der Waals surface area (Å²) in [5.41, 5.74) is 2.05. The zero-order valence-electron chi connectivity index (χ0n) is 21.1. The predicted molar refractivity (Wildman–Crippen MR) is 141 cm³/mol. The van der Waals surface area contributed by atoms with Crippen LogP contribution in [0.3, 0.4) is 0 Å². The van der Waals surface area contributed by atoms with Gasteiger partial charge in [0, 0.05) is 25.6 Å². The van der Waals surface area contributed by atoms with Crippen molar-refractivity contribution in [1.29, 1.82) is 0 Å². The fourth-order valence-electron chi connectivity index (χ4n) is 6.44. The van der Waals surface area contributed by atoms with Crippen molar-refractivity contribution >= 4 is 28.7 Å². The van der Waals surface area contributed by atoms with Gasteiger partial charge in [-0.25, -0.2) is 9.18 Å². The van der Waals surface area contributed by atoms with E-state index in [0.29, 0.717) is 53.9 Å². The topological polar surface area (TPSA) is 102 Å². The third-order valence-corrected chi connectivity index (χ3v) is 8.67. The Balaban J connectivity index is 1.18. The molecule has 2 amide bonds. The molecule has 2 aromatic carbocycles. The van der Waals surface area contributed by atoms with Crippen LogP contribution in [0, 0.1) is 17.7 Å². The number of imidazole rings is 1. The normalized spacial score (nSPS) is 22.7. The molecule has 0 radical (unpaired) electrons. The number of aliphatic imine (C=N–C) groups is 1. The number of amidine groups is 1. The zero-order valence-corrected chi connectivity index (χ0v) is 21.1. The van der Waals surface area contributed by atoms with Crippen LogP contribution in [0.2, 0.25) is 0 Å². The molecule has 2 N–H and O–H groups in total. The Kier molecular flexibility index (Phi) is 5.32. The number of amides is 2. The SMILES string of the molecule is O=C(C1CC1)N1CCC(CN2C(=O)C3(CCCC3)N=C2c2ccc(-c3ccc4[nH]c(=O)[nH]c4c3)cc2F)C1. The molecule has 3 aromatic rings. The molecule has 9 heteroatoms. The lowest BCUT2D eigenvalue weighted by Crippen LogP contribution is -2.44. The largest absolute Gasteiger partial charge is 0.342 e. The molecule has 3 heterocycles. The summed E-state index contributed by atoms with van der Waals surface area (Å²) in [6.45, 7) is 1.82. The van der Waals surface area contributed by atoms with Crippen LogP contribution in [-0.4, -0.2) is 62.6 Å². The number of nitrogens with one attached hydrogen (secondary N) is 2. The highest BCUT2D eigenvalue weighted by Gasteiger charge is 2.51. The Hall–Kier alpha value is -3.75. The first-order valence-electron chi connectivity index (χ1n) is 13.6. The van der Waals surface area contributed by atoms with Gasteiger partial charge < -0.3 is 14.9 Å². The van der Waals surface area contributed by atoms with Gasteiger partial charge in [-0.3, -0.25) is 19.5 Å². The van der Waals surface area contributed by atoms with Crippen molar-refractivity contribution in [3.05, 3.63) is 58.3 Å².